The van der Waals surface area contributed by atoms with Gasteiger partial charge in [0.25, 0.3) is 0 Å². The van der Waals surface area contributed by atoms with Crippen LogP contribution in [-0.4, -0.2) is 11.1 Å². The maximum atomic E-state index is 11.5. The number of nitrogens with one attached hydrogen (secondary N) is 1. The van der Waals surface area contributed by atoms with Gasteiger partial charge in [-0.15, -0.1) is 0 Å². The number of aromatic nitrogens is 1. The van der Waals surface area contributed by atoms with Crippen molar-refractivity contribution < 1.29 is 9.32 Å². The van der Waals surface area contributed by atoms with Crippen LogP contribution in [0, 0.1) is 12.8 Å². The summed E-state index contributed by atoms with van der Waals surface area (Å²) in [7, 11) is 0. The van der Waals surface area contributed by atoms with Crippen LogP contribution in [0.2, 0.25) is 0 Å². The molecule has 1 aromatic rings. The fourth-order valence-corrected chi connectivity index (χ4v) is 1.30. The van der Waals surface area contributed by atoms with Crippen LogP contribution in [0.4, 0.5) is 5.82 Å². The van der Waals surface area contributed by atoms with Gasteiger partial charge in [0.2, 0.25) is 5.91 Å². The summed E-state index contributed by atoms with van der Waals surface area (Å²) in [6, 6.07) is 0. The van der Waals surface area contributed by atoms with Crippen molar-refractivity contribution in [3.63, 3.8) is 0 Å². The minimum absolute atomic E-state index is 0.0725. The second-order valence-electron chi connectivity index (χ2n) is 3.46. The van der Waals surface area contributed by atoms with E-state index < -0.39 is 0 Å². The number of anilines is 1. The lowest BCUT2D eigenvalue weighted by atomic mass is 9.85. The Morgan fingerprint density at radius 1 is 1.69 bits per heavy atom. The standard InChI is InChI=1S/C9H12N2O2/c1-6-5-13-11-8(6)10-9(12)7-3-2-4-7/h5,7H,2-4H2,1H3,(H,10,11,12). The van der Waals surface area contributed by atoms with Gasteiger partial charge in [-0.05, 0) is 19.8 Å². The predicted octanol–water partition coefficient (Wildman–Crippen LogP) is 1.72. The van der Waals surface area contributed by atoms with E-state index in [1.54, 1.807) is 0 Å². The van der Waals surface area contributed by atoms with Gasteiger partial charge in [0.15, 0.2) is 5.82 Å². The van der Waals surface area contributed by atoms with Gasteiger partial charge in [-0.3, -0.25) is 4.79 Å². The van der Waals surface area contributed by atoms with Gasteiger partial charge in [0.05, 0.1) is 0 Å². The van der Waals surface area contributed by atoms with Crippen LogP contribution in [0.15, 0.2) is 10.8 Å². The summed E-state index contributed by atoms with van der Waals surface area (Å²) in [5, 5.41) is 6.44. The van der Waals surface area contributed by atoms with Crippen molar-refractivity contribution in [1.29, 1.82) is 0 Å². The molecule has 0 aromatic carbocycles. The second-order valence-corrected chi connectivity index (χ2v) is 3.46. The summed E-state index contributed by atoms with van der Waals surface area (Å²) in [6.45, 7) is 1.85. The average molecular weight is 180 g/mol. The van der Waals surface area contributed by atoms with E-state index in [-0.39, 0.29) is 11.8 Å². The molecule has 0 spiro atoms. The van der Waals surface area contributed by atoms with E-state index in [0.717, 1.165) is 24.8 Å². The van der Waals surface area contributed by atoms with Crippen molar-refractivity contribution in [2.45, 2.75) is 26.2 Å². The second kappa shape index (κ2) is 3.20. The van der Waals surface area contributed by atoms with E-state index in [1.807, 2.05) is 6.92 Å². The summed E-state index contributed by atoms with van der Waals surface area (Å²) < 4.78 is 4.71. The van der Waals surface area contributed by atoms with Crippen molar-refractivity contribution in [2.75, 3.05) is 5.32 Å². The number of carbonyl (C=O) groups excluding carboxylic acids is 1. The third-order valence-corrected chi connectivity index (χ3v) is 2.46. The summed E-state index contributed by atoms with van der Waals surface area (Å²) in [6.07, 6.45) is 4.69. The molecule has 1 fully saturated rings. The normalized spacial score (nSPS) is 16.7. The van der Waals surface area contributed by atoms with Gasteiger partial charge in [0, 0.05) is 11.5 Å². The van der Waals surface area contributed by atoms with Crippen LogP contribution in [0.25, 0.3) is 0 Å². The molecule has 13 heavy (non-hydrogen) atoms. The van der Waals surface area contributed by atoms with Crippen LogP contribution >= 0.6 is 0 Å². The van der Waals surface area contributed by atoms with Crippen molar-refractivity contribution in [3.8, 4) is 0 Å². The minimum Gasteiger partial charge on any atom is -0.362 e. The third-order valence-electron chi connectivity index (χ3n) is 2.46. The highest BCUT2D eigenvalue weighted by Gasteiger charge is 2.25. The molecule has 1 saturated carbocycles. The number of hydrogen-bond acceptors (Lipinski definition) is 3. The average Bonchev–Trinajstić information content (AvgIpc) is 2.32. The molecule has 1 aliphatic rings. The van der Waals surface area contributed by atoms with E-state index >= 15 is 0 Å². The highest BCUT2D eigenvalue weighted by molar-refractivity contribution is 5.92. The van der Waals surface area contributed by atoms with Crippen molar-refractivity contribution in [3.05, 3.63) is 11.8 Å². The first-order valence-electron chi connectivity index (χ1n) is 4.49. The van der Waals surface area contributed by atoms with Gasteiger partial charge in [-0.1, -0.05) is 11.6 Å². The van der Waals surface area contributed by atoms with Gasteiger partial charge < -0.3 is 9.84 Å². The fraction of sp³-hybridized carbons (Fsp3) is 0.556. The number of carbonyl (C=O) groups is 1. The third kappa shape index (κ3) is 1.56. The Hall–Kier alpha value is -1.32. The van der Waals surface area contributed by atoms with E-state index in [9.17, 15) is 4.79 Å². The van der Waals surface area contributed by atoms with Crippen molar-refractivity contribution >= 4 is 11.7 Å². The lowest BCUT2D eigenvalue weighted by molar-refractivity contribution is -0.122. The quantitative estimate of drug-likeness (QED) is 0.753. The van der Waals surface area contributed by atoms with E-state index in [2.05, 4.69) is 10.5 Å². The largest absolute Gasteiger partial charge is 0.362 e. The van der Waals surface area contributed by atoms with Gasteiger partial charge >= 0.3 is 0 Å². The summed E-state index contributed by atoms with van der Waals surface area (Å²) in [4.78, 5) is 11.5. The lowest BCUT2D eigenvalue weighted by Crippen LogP contribution is -2.28. The Morgan fingerprint density at radius 3 is 2.92 bits per heavy atom. The Bertz CT molecular complexity index is 315. The lowest BCUT2D eigenvalue weighted by Gasteiger charge is -2.23. The zero-order chi connectivity index (χ0) is 9.26. The van der Waals surface area contributed by atoms with Crippen LogP contribution in [0.5, 0.6) is 0 Å². The monoisotopic (exact) mass is 180 g/mol. The smallest absolute Gasteiger partial charge is 0.228 e. The number of amides is 1. The molecule has 2 rings (SSSR count). The molecule has 0 atom stereocenters. The maximum absolute atomic E-state index is 11.5. The zero-order valence-corrected chi connectivity index (χ0v) is 7.54. The summed E-state index contributed by atoms with van der Waals surface area (Å²) in [5.41, 5.74) is 0.868. The topological polar surface area (TPSA) is 55.1 Å². The number of rotatable bonds is 2. The highest BCUT2D eigenvalue weighted by atomic mass is 16.5. The van der Waals surface area contributed by atoms with Crippen LogP contribution in [0.1, 0.15) is 24.8 Å². The van der Waals surface area contributed by atoms with Gasteiger partial charge in [-0.2, -0.15) is 0 Å². The van der Waals surface area contributed by atoms with E-state index in [1.165, 1.54) is 6.26 Å². The molecule has 0 aliphatic heterocycles. The number of aryl methyl sites for hydroxylation is 1. The molecule has 1 aliphatic carbocycles. The first-order valence-corrected chi connectivity index (χ1v) is 4.49. The molecule has 0 bridgehead atoms. The summed E-state index contributed by atoms with van der Waals surface area (Å²) in [5.74, 6) is 0.816. The Labute approximate surface area is 76.3 Å². The number of hydrogen-bond donors (Lipinski definition) is 1. The molecule has 0 saturated heterocycles. The molecule has 1 heterocycles. The maximum Gasteiger partial charge on any atom is 0.228 e. The number of nitrogens with zero attached hydrogens (tertiary/aromatic N) is 1. The highest BCUT2D eigenvalue weighted by Crippen LogP contribution is 2.27. The molecule has 4 nitrogen and oxygen atoms in total. The Morgan fingerprint density at radius 2 is 2.46 bits per heavy atom. The van der Waals surface area contributed by atoms with Gasteiger partial charge in [-0.25, -0.2) is 0 Å². The van der Waals surface area contributed by atoms with Crippen LogP contribution in [0.3, 0.4) is 0 Å². The molecule has 1 N–H and O–H groups in total. The molecule has 0 unspecified atom stereocenters. The molecule has 1 amide bonds. The Balaban J connectivity index is 1.97. The van der Waals surface area contributed by atoms with E-state index in [4.69, 9.17) is 4.52 Å². The Kier molecular flexibility index (Phi) is 2.04. The first kappa shape index (κ1) is 8.29. The first-order chi connectivity index (χ1) is 6.27. The van der Waals surface area contributed by atoms with Gasteiger partial charge in [0.1, 0.15) is 6.26 Å². The van der Waals surface area contributed by atoms with Crippen LogP contribution in [-0.2, 0) is 4.79 Å². The molecule has 4 heteroatoms. The molecule has 0 radical (unpaired) electrons. The fourth-order valence-electron chi connectivity index (χ4n) is 1.30. The minimum atomic E-state index is 0.0725. The van der Waals surface area contributed by atoms with E-state index in [0.29, 0.717) is 5.82 Å². The molecular weight excluding hydrogens is 168 g/mol. The predicted molar refractivity (Wildman–Crippen MR) is 47.2 cm³/mol. The van der Waals surface area contributed by atoms with Crippen molar-refractivity contribution in [1.82, 2.24) is 5.16 Å². The van der Waals surface area contributed by atoms with Crippen molar-refractivity contribution in [2.24, 2.45) is 5.92 Å². The SMILES string of the molecule is Cc1conc1NC(=O)C1CCC1. The summed E-state index contributed by atoms with van der Waals surface area (Å²) >= 11 is 0. The van der Waals surface area contributed by atoms with Crippen LogP contribution < -0.4 is 5.32 Å². The molecule has 1 aromatic heterocycles. The molecular formula is C9H12N2O2. The zero-order valence-electron chi connectivity index (χ0n) is 7.54. The molecule has 70 valence electrons.